The van der Waals surface area contributed by atoms with E-state index >= 15 is 0 Å². The molecule has 3 heteroatoms. The summed E-state index contributed by atoms with van der Waals surface area (Å²) in [6.45, 7) is 1.96. The van der Waals surface area contributed by atoms with Crippen LogP contribution < -0.4 is 5.73 Å². The highest BCUT2D eigenvalue weighted by Crippen LogP contribution is 2.25. The maximum Gasteiger partial charge on any atom is 0.0458 e. The average molecular weight is 195 g/mol. The minimum Gasteiger partial charge on any atom is -0.361 e. The van der Waals surface area contributed by atoms with Crippen molar-refractivity contribution >= 4 is 22.5 Å². The smallest absolute Gasteiger partial charge is 0.0458 e. The van der Waals surface area contributed by atoms with Gasteiger partial charge in [-0.2, -0.15) is 0 Å². The molecule has 0 aliphatic rings. The molecule has 13 heavy (non-hydrogen) atoms. The molecular formula is C10H11ClN2. The van der Waals surface area contributed by atoms with Crippen molar-refractivity contribution in [1.29, 1.82) is 0 Å². The molecule has 0 aliphatic carbocycles. The lowest BCUT2D eigenvalue weighted by atomic mass is 10.1. The summed E-state index contributed by atoms with van der Waals surface area (Å²) in [6.07, 6.45) is 1.94. The minimum atomic E-state index is 0.0345. The van der Waals surface area contributed by atoms with Gasteiger partial charge in [0.05, 0.1) is 0 Å². The van der Waals surface area contributed by atoms with E-state index in [9.17, 15) is 0 Å². The van der Waals surface area contributed by atoms with E-state index in [1.807, 2.05) is 31.3 Å². The number of fused-ring (bicyclic) bond motifs is 1. The number of rotatable bonds is 1. The van der Waals surface area contributed by atoms with Crippen molar-refractivity contribution in [2.75, 3.05) is 0 Å². The van der Waals surface area contributed by atoms with Gasteiger partial charge >= 0.3 is 0 Å². The van der Waals surface area contributed by atoms with E-state index in [0.29, 0.717) is 0 Å². The molecule has 0 aliphatic heterocycles. The van der Waals surface area contributed by atoms with Crippen LogP contribution in [0.25, 0.3) is 10.9 Å². The Morgan fingerprint density at radius 1 is 1.46 bits per heavy atom. The normalized spacial score (nSPS) is 13.5. The van der Waals surface area contributed by atoms with Gasteiger partial charge in [-0.3, -0.25) is 0 Å². The molecule has 2 rings (SSSR count). The molecule has 0 radical (unpaired) electrons. The fraction of sp³-hybridized carbons (Fsp3) is 0.200. The monoisotopic (exact) mass is 194 g/mol. The number of aromatic nitrogens is 1. The zero-order chi connectivity index (χ0) is 9.42. The average Bonchev–Trinajstić information content (AvgIpc) is 2.46. The predicted molar refractivity (Wildman–Crippen MR) is 55.9 cm³/mol. The number of benzene rings is 1. The summed E-state index contributed by atoms with van der Waals surface area (Å²) in [7, 11) is 0. The van der Waals surface area contributed by atoms with E-state index in [1.54, 1.807) is 0 Å². The SMILES string of the molecule is C[C@@H](N)c1c[nH]c2ccc(Cl)cc12. The Hall–Kier alpha value is -0.990. The maximum absolute atomic E-state index is 5.90. The van der Waals surface area contributed by atoms with Gasteiger partial charge in [-0.1, -0.05) is 11.6 Å². The molecule has 0 saturated carbocycles. The third-order valence-electron chi connectivity index (χ3n) is 2.17. The van der Waals surface area contributed by atoms with Gasteiger partial charge in [0, 0.05) is 28.2 Å². The standard InChI is InChI=1S/C10H11ClN2/c1-6(12)9-5-13-10-3-2-7(11)4-8(9)10/h2-6,13H,12H2,1H3/t6-/m1/s1. The van der Waals surface area contributed by atoms with Crippen LogP contribution in [0.15, 0.2) is 24.4 Å². The molecular weight excluding hydrogens is 184 g/mol. The first-order chi connectivity index (χ1) is 6.18. The topological polar surface area (TPSA) is 41.8 Å². The van der Waals surface area contributed by atoms with Gasteiger partial charge < -0.3 is 10.7 Å². The Kier molecular flexibility index (Phi) is 2.02. The second-order valence-corrected chi connectivity index (χ2v) is 3.66. The maximum atomic E-state index is 5.90. The minimum absolute atomic E-state index is 0.0345. The van der Waals surface area contributed by atoms with Crippen LogP contribution in [0.2, 0.25) is 5.02 Å². The molecule has 3 N–H and O–H groups in total. The summed E-state index contributed by atoms with van der Waals surface area (Å²) in [6, 6.07) is 5.80. The second-order valence-electron chi connectivity index (χ2n) is 3.22. The molecule has 1 atom stereocenters. The van der Waals surface area contributed by atoms with Crippen LogP contribution in [0.4, 0.5) is 0 Å². The third-order valence-corrected chi connectivity index (χ3v) is 2.40. The Labute approximate surface area is 81.7 Å². The van der Waals surface area contributed by atoms with Crippen molar-refractivity contribution in [1.82, 2.24) is 4.98 Å². The molecule has 1 heterocycles. The van der Waals surface area contributed by atoms with Crippen molar-refractivity contribution in [3.63, 3.8) is 0 Å². The lowest BCUT2D eigenvalue weighted by molar-refractivity contribution is 0.826. The quantitative estimate of drug-likeness (QED) is 0.720. The van der Waals surface area contributed by atoms with Crippen LogP contribution in [0.1, 0.15) is 18.5 Å². The molecule has 2 nitrogen and oxygen atoms in total. The van der Waals surface area contributed by atoms with E-state index in [-0.39, 0.29) is 6.04 Å². The molecule has 68 valence electrons. The molecule has 0 fully saturated rings. The van der Waals surface area contributed by atoms with Crippen LogP contribution in [0.5, 0.6) is 0 Å². The fourth-order valence-corrected chi connectivity index (χ4v) is 1.66. The summed E-state index contributed by atoms with van der Waals surface area (Å²) in [5.41, 5.74) is 8.00. The van der Waals surface area contributed by atoms with Crippen molar-refractivity contribution in [3.05, 3.63) is 35.0 Å². The van der Waals surface area contributed by atoms with E-state index in [4.69, 9.17) is 17.3 Å². The molecule has 0 saturated heterocycles. The molecule has 0 amide bonds. The van der Waals surface area contributed by atoms with Crippen LogP contribution >= 0.6 is 11.6 Å². The van der Waals surface area contributed by atoms with Crippen molar-refractivity contribution in [2.24, 2.45) is 5.73 Å². The Morgan fingerprint density at radius 2 is 2.23 bits per heavy atom. The van der Waals surface area contributed by atoms with Crippen molar-refractivity contribution in [2.45, 2.75) is 13.0 Å². The molecule has 2 aromatic rings. The van der Waals surface area contributed by atoms with Gasteiger partial charge in [0.1, 0.15) is 0 Å². The van der Waals surface area contributed by atoms with Gasteiger partial charge in [-0.15, -0.1) is 0 Å². The van der Waals surface area contributed by atoms with Gasteiger partial charge in [0.2, 0.25) is 0 Å². The van der Waals surface area contributed by atoms with E-state index < -0.39 is 0 Å². The van der Waals surface area contributed by atoms with Crippen LogP contribution in [-0.2, 0) is 0 Å². The number of nitrogens with two attached hydrogens (primary N) is 1. The Bertz CT molecular complexity index is 431. The Balaban J connectivity index is 2.71. The number of H-pyrrole nitrogens is 1. The number of hydrogen-bond donors (Lipinski definition) is 2. The largest absolute Gasteiger partial charge is 0.361 e. The van der Waals surface area contributed by atoms with E-state index in [1.165, 1.54) is 0 Å². The molecule has 1 aromatic carbocycles. The van der Waals surface area contributed by atoms with Gasteiger partial charge in [0.25, 0.3) is 0 Å². The first-order valence-electron chi connectivity index (χ1n) is 4.20. The highest BCUT2D eigenvalue weighted by atomic mass is 35.5. The fourth-order valence-electron chi connectivity index (χ4n) is 1.49. The first kappa shape index (κ1) is 8.60. The number of aromatic amines is 1. The van der Waals surface area contributed by atoms with Crippen molar-refractivity contribution in [3.8, 4) is 0 Å². The lowest BCUT2D eigenvalue weighted by Gasteiger charge is -2.02. The summed E-state index contributed by atoms with van der Waals surface area (Å²) in [5.74, 6) is 0. The van der Waals surface area contributed by atoms with Crippen LogP contribution in [0.3, 0.4) is 0 Å². The first-order valence-corrected chi connectivity index (χ1v) is 4.58. The molecule has 0 spiro atoms. The molecule has 0 bridgehead atoms. The van der Waals surface area contributed by atoms with Crippen LogP contribution in [0, 0.1) is 0 Å². The summed E-state index contributed by atoms with van der Waals surface area (Å²) >= 11 is 5.90. The highest BCUT2D eigenvalue weighted by molar-refractivity contribution is 6.31. The summed E-state index contributed by atoms with van der Waals surface area (Å²) in [4.78, 5) is 3.16. The number of hydrogen-bond acceptors (Lipinski definition) is 1. The summed E-state index contributed by atoms with van der Waals surface area (Å²) < 4.78 is 0. The predicted octanol–water partition coefficient (Wildman–Crippen LogP) is 2.84. The Morgan fingerprint density at radius 3 is 2.92 bits per heavy atom. The molecule has 1 aromatic heterocycles. The zero-order valence-electron chi connectivity index (χ0n) is 7.34. The third kappa shape index (κ3) is 1.43. The highest BCUT2D eigenvalue weighted by Gasteiger charge is 2.06. The van der Waals surface area contributed by atoms with E-state index in [2.05, 4.69) is 4.98 Å². The summed E-state index contributed by atoms with van der Waals surface area (Å²) in [5, 5.41) is 1.86. The van der Waals surface area contributed by atoms with Gasteiger partial charge in [-0.25, -0.2) is 0 Å². The molecule has 0 unspecified atom stereocenters. The number of halogens is 1. The lowest BCUT2D eigenvalue weighted by Crippen LogP contribution is -2.03. The van der Waals surface area contributed by atoms with Crippen molar-refractivity contribution < 1.29 is 0 Å². The number of nitrogens with one attached hydrogen (secondary N) is 1. The van der Waals surface area contributed by atoms with Crippen LogP contribution in [-0.4, -0.2) is 4.98 Å². The van der Waals surface area contributed by atoms with E-state index in [0.717, 1.165) is 21.5 Å². The zero-order valence-corrected chi connectivity index (χ0v) is 8.10. The van der Waals surface area contributed by atoms with Gasteiger partial charge in [0.15, 0.2) is 0 Å². The second kappa shape index (κ2) is 3.05. The van der Waals surface area contributed by atoms with Gasteiger partial charge in [-0.05, 0) is 30.7 Å².